The van der Waals surface area contributed by atoms with Gasteiger partial charge in [-0.05, 0) is 106 Å². The number of carbonyl (C=O) groups excluding carboxylic acids is 1. The zero-order valence-corrected chi connectivity index (χ0v) is 18.2. The molecule has 2 heteroatoms. The lowest BCUT2D eigenvalue weighted by Crippen LogP contribution is -2.58. The van der Waals surface area contributed by atoms with Gasteiger partial charge in [-0.1, -0.05) is 33.6 Å². The summed E-state index contributed by atoms with van der Waals surface area (Å²) in [5.41, 5.74) is 0.291. The third-order valence-corrected chi connectivity index (χ3v) is 10.3. The average Bonchev–Trinajstić information content (AvgIpc) is 2.61. The quantitative estimate of drug-likeness (QED) is 0.642. The SMILES string of the molecule is CCC[C@@]1(O)CC[C@@]2(C)[C@@H](CC[C@@H]3[C@@H]2CC[C@]2(C)[C@H](C(C)=O)CCC[C@@H]32)C1. The maximum atomic E-state index is 12.4. The van der Waals surface area contributed by atoms with E-state index < -0.39 is 0 Å². The van der Waals surface area contributed by atoms with E-state index in [1.807, 2.05) is 6.92 Å². The van der Waals surface area contributed by atoms with Crippen LogP contribution in [-0.4, -0.2) is 16.5 Å². The normalized spacial score (nSPS) is 52.4. The molecule has 0 spiro atoms. The minimum absolute atomic E-state index is 0.256. The third-order valence-electron chi connectivity index (χ3n) is 10.3. The molecule has 154 valence electrons. The van der Waals surface area contributed by atoms with E-state index in [0.717, 1.165) is 49.9 Å². The Labute approximate surface area is 166 Å². The van der Waals surface area contributed by atoms with Crippen LogP contribution in [0.3, 0.4) is 0 Å². The van der Waals surface area contributed by atoms with Crippen molar-refractivity contribution >= 4 is 5.78 Å². The highest BCUT2D eigenvalue weighted by atomic mass is 16.3. The first kappa shape index (κ1) is 19.9. The summed E-state index contributed by atoms with van der Waals surface area (Å²) in [5, 5.41) is 11.1. The topological polar surface area (TPSA) is 37.3 Å². The predicted octanol–water partition coefficient (Wildman–Crippen LogP) is 6.16. The fourth-order valence-electron chi connectivity index (χ4n) is 8.88. The van der Waals surface area contributed by atoms with Crippen LogP contribution in [0.1, 0.15) is 105 Å². The Morgan fingerprint density at radius 2 is 1.70 bits per heavy atom. The van der Waals surface area contributed by atoms with Crippen LogP contribution in [0.2, 0.25) is 0 Å². The molecular weight excluding hydrogens is 332 g/mol. The molecule has 0 heterocycles. The second-order valence-electron chi connectivity index (χ2n) is 11.5. The lowest BCUT2D eigenvalue weighted by atomic mass is 9.41. The molecule has 4 aliphatic rings. The van der Waals surface area contributed by atoms with Gasteiger partial charge in [-0.15, -0.1) is 0 Å². The number of aliphatic hydroxyl groups is 1. The molecule has 0 saturated heterocycles. The molecule has 0 unspecified atom stereocenters. The van der Waals surface area contributed by atoms with Crippen LogP contribution in [0, 0.1) is 40.4 Å². The lowest BCUT2D eigenvalue weighted by molar-refractivity contribution is -0.171. The molecule has 4 saturated carbocycles. The third kappa shape index (κ3) is 3.04. The molecule has 4 aliphatic carbocycles. The van der Waals surface area contributed by atoms with E-state index in [1.165, 1.54) is 44.9 Å². The van der Waals surface area contributed by atoms with Crippen LogP contribution < -0.4 is 0 Å². The fourth-order valence-corrected chi connectivity index (χ4v) is 8.88. The summed E-state index contributed by atoms with van der Waals surface area (Å²) < 4.78 is 0. The van der Waals surface area contributed by atoms with E-state index in [2.05, 4.69) is 20.8 Å². The molecule has 0 aliphatic heterocycles. The van der Waals surface area contributed by atoms with Crippen LogP contribution in [0.5, 0.6) is 0 Å². The zero-order valence-electron chi connectivity index (χ0n) is 18.2. The largest absolute Gasteiger partial charge is 0.390 e. The van der Waals surface area contributed by atoms with Crippen molar-refractivity contribution < 1.29 is 9.90 Å². The van der Waals surface area contributed by atoms with Crippen molar-refractivity contribution in [2.75, 3.05) is 0 Å². The minimum Gasteiger partial charge on any atom is -0.390 e. The van der Waals surface area contributed by atoms with E-state index in [-0.39, 0.29) is 11.0 Å². The Morgan fingerprint density at radius 1 is 0.963 bits per heavy atom. The average molecular weight is 375 g/mol. The van der Waals surface area contributed by atoms with E-state index >= 15 is 0 Å². The Balaban J connectivity index is 1.58. The van der Waals surface area contributed by atoms with Crippen LogP contribution in [0.25, 0.3) is 0 Å². The Kier molecular flexibility index (Phi) is 5.06. The minimum atomic E-state index is -0.389. The summed E-state index contributed by atoms with van der Waals surface area (Å²) in [6.07, 6.45) is 14.3. The zero-order chi connectivity index (χ0) is 19.4. The first-order valence-electron chi connectivity index (χ1n) is 12.0. The van der Waals surface area contributed by atoms with Gasteiger partial charge in [0.25, 0.3) is 0 Å². The van der Waals surface area contributed by atoms with Gasteiger partial charge in [0.2, 0.25) is 0 Å². The highest BCUT2D eigenvalue weighted by Crippen LogP contribution is 2.67. The number of hydrogen-bond donors (Lipinski definition) is 1. The van der Waals surface area contributed by atoms with Crippen LogP contribution >= 0.6 is 0 Å². The van der Waals surface area contributed by atoms with Gasteiger partial charge < -0.3 is 5.11 Å². The molecule has 27 heavy (non-hydrogen) atoms. The molecule has 2 nitrogen and oxygen atoms in total. The monoisotopic (exact) mass is 374 g/mol. The van der Waals surface area contributed by atoms with Gasteiger partial charge in [0, 0.05) is 5.92 Å². The first-order valence-corrected chi connectivity index (χ1v) is 12.0. The highest BCUT2D eigenvalue weighted by molar-refractivity contribution is 5.79. The second kappa shape index (κ2) is 6.85. The molecule has 1 N–H and O–H groups in total. The van der Waals surface area contributed by atoms with Crippen molar-refractivity contribution in [3.63, 3.8) is 0 Å². The van der Waals surface area contributed by atoms with E-state index in [0.29, 0.717) is 23.0 Å². The van der Waals surface area contributed by atoms with Gasteiger partial charge in [-0.2, -0.15) is 0 Å². The lowest BCUT2D eigenvalue weighted by Gasteiger charge is -2.64. The van der Waals surface area contributed by atoms with Crippen molar-refractivity contribution in [3.8, 4) is 0 Å². The number of hydrogen-bond acceptors (Lipinski definition) is 2. The molecule has 0 amide bonds. The summed E-state index contributed by atoms with van der Waals surface area (Å²) in [7, 11) is 0. The van der Waals surface area contributed by atoms with Crippen molar-refractivity contribution in [3.05, 3.63) is 0 Å². The molecule has 0 aromatic carbocycles. The van der Waals surface area contributed by atoms with Crippen LogP contribution in [-0.2, 0) is 4.79 Å². The summed E-state index contributed by atoms with van der Waals surface area (Å²) in [6, 6.07) is 0. The maximum Gasteiger partial charge on any atom is 0.133 e. The summed E-state index contributed by atoms with van der Waals surface area (Å²) in [6.45, 7) is 9.10. The number of fused-ring (bicyclic) bond motifs is 5. The van der Waals surface area contributed by atoms with E-state index in [4.69, 9.17) is 0 Å². The van der Waals surface area contributed by atoms with Gasteiger partial charge in [-0.25, -0.2) is 0 Å². The molecule has 8 atom stereocenters. The van der Waals surface area contributed by atoms with Gasteiger partial charge in [0.1, 0.15) is 5.78 Å². The number of carbonyl (C=O) groups is 1. The van der Waals surface area contributed by atoms with Gasteiger partial charge in [-0.3, -0.25) is 4.79 Å². The fraction of sp³-hybridized carbons (Fsp3) is 0.960. The maximum absolute atomic E-state index is 12.4. The molecule has 0 radical (unpaired) electrons. The van der Waals surface area contributed by atoms with Crippen molar-refractivity contribution in [1.82, 2.24) is 0 Å². The number of ketones is 1. The Hall–Kier alpha value is -0.370. The summed E-state index contributed by atoms with van der Waals surface area (Å²) in [4.78, 5) is 12.4. The number of rotatable bonds is 3. The first-order chi connectivity index (χ1) is 12.7. The van der Waals surface area contributed by atoms with Gasteiger partial charge in [0.05, 0.1) is 5.60 Å². The van der Waals surface area contributed by atoms with Gasteiger partial charge >= 0.3 is 0 Å². The van der Waals surface area contributed by atoms with Crippen molar-refractivity contribution in [2.45, 2.75) is 110 Å². The molecular formula is C25H42O2. The van der Waals surface area contributed by atoms with E-state index in [9.17, 15) is 9.90 Å². The van der Waals surface area contributed by atoms with E-state index in [1.54, 1.807) is 0 Å². The Bertz CT molecular complexity index is 585. The van der Waals surface area contributed by atoms with Crippen LogP contribution in [0.4, 0.5) is 0 Å². The number of Topliss-reactive ketones (excluding diaryl/α,β-unsaturated/α-hetero) is 1. The Morgan fingerprint density at radius 3 is 2.41 bits per heavy atom. The van der Waals surface area contributed by atoms with Crippen LogP contribution in [0.15, 0.2) is 0 Å². The molecule has 0 aromatic heterocycles. The molecule has 4 fully saturated rings. The second-order valence-corrected chi connectivity index (χ2v) is 11.5. The standard InChI is InChI=1S/C25H42O2/c1-5-12-25(27)15-14-23(3)18(16-25)9-10-19-21-8-6-7-20(17(2)26)24(21,4)13-11-22(19)23/h18-22,27H,5-16H2,1-4H3/t18-,19-,20-,21-,22-,23-,24+,25+/m0/s1. The highest BCUT2D eigenvalue weighted by Gasteiger charge is 2.60. The molecule has 0 bridgehead atoms. The van der Waals surface area contributed by atoms with Gasteiger partial charge in [0.15, 0.2) is 0 Å². The molecule has 4 rings (SSSR count). The van der Waals surface area contributed by atoms with Crippen molar-refractivity contribution in [2.24, 2.45) is 40.4 Å². The summed E-state index contributed by atoms with van der Waals surface area (Å²) in [5.74, 6) is 3.87. The van der Waals surface area contributed by atoms with Crippen molar-refractivity contribution in [1.29, 1.82) is 0 Å². The smallest absolute Gasteiger partial charge is 0.133 e. The summed E-state index contributed by atoms with van der Waals surface area (Å²) >= 11 is 0. The predicted molar refractivity (Wildman–Crippen MR) is 110 cm³/mol. The molecule has 0 aromatic rings.